The van der Waals surface area contributed by atoms with Gasteiger partial charge in [-0.15, -0.1) is 0 Å². The topological polar surface area (TPSA) is 54.9 Å². The molecule has 6 heteroatoms. The maximum Gasteiger partial charge on any atom is 0.275 e. The van der Waals surface area contributed by atoms with Gasteiger partial charge in [0.1, 0.15) is 16.7 Å². The number of rotatable bonds is 2. The molecule has 1 N–H and O–H groups in total. The molecule has 1 amide bonds. The number of amides is 1. The van der Waals surface area contributed by atoms with Crippen LogP contribution >= 0.6 is 11.6 Å². The third-order valence-electron chi connectivity index (χ3n) is 2.29. The van der Waals surface area contributed by atoms with Crippen molar-refractivity contribution in [3.8, 4) is 0 Å². The van der Waals surface area contributed by atoms with E-state index in [2.05, 4.69) is 15.3 Å². The van der Waals surface area contributed by atoms with Crippen LogP contribution in [0.4, 0.5) is 10.1 Å². The van der Waals surface area contributed by atoms with Gasteiger partial charge in [-0.25, -0.2) is 14.4 Å². The van der Waals surface area contributed by atoms with Gasteiger partial charge < -0.3 is 5.32 Å². The second-order valence-corrected chi connectivity index (χ2v) is 4.02. The van der Waals surface area contributed by atoms with Crippen molar-refractivity contribution < 1.29 is 9.18 Å². The van der Waals surface area contributed by atoms with Gasteiger partial charge in [0.25, 0.3) is 5.91 Å². The molecule has 4 nitrogen and oxygen atoms in total. The van der Waals surface area contributed by atoms with E-state index in [9.17, 15) is 9.18 Å². The Bertz CT molecular complexity index is 586. The van der Waals surface area contributed by atoms with E-state index in [1.165, 1.54) is 30.6 Å². The molecule has 0 radical (unpaired) electrons. The Hall–Kier alpha value is -2.01. The number of hydrogen-bond acceptors (Lipinski definition) is 3. The van der Waals surface area contributed by atoms with Crippen molar-refractivity contribution in [3.05, 3.63) is 52.8 Å². The maximum atomic E-state index is 12.9. The van der Waals surface area contributed by atoms with Gasteiger partial charge in [-0.05, 0) is 30.7 Å². The fraction of sp³-hybridized carbons (Fsp3) is 0.0833. The van der Waals surface area contributed by atoms with E-state index in [0.29, 0.717) is 11.3 Å². The van der Waals surface area contributed by atoms with Gasteiger partial charge in [-0.1, -0.05) is 11.6 Å². The summed E-state index contributed by atoms with van der Waals surface area (Å²) >= 11 is 5.57. The average molecular weight is 266 g/mol. The molecule has 1 heterocycles. The molecule has 0 aliphatic carbocycles. The summed E-state index contributed by atoms with van der Waals surface area (Å²) in [6, 6.07) is 4.10. The lowest BCUT2D eigenvalue weighted by atomic mass is 10.2. The van der Waals surface area contributed by atoms with Crippen molar-refractivity contribution >= 4 is 23.2 Å². The molecule has 0 saturated carbocycles. The van der Waals surface area contributed by atoms with Crippen molar-refractivity contribution in [2.24, 2.45) is 0 Å². The van der Waals surface area contributed by atoms with Crippen LogP contribution in [0, 0.1) is 12.7 Å². The van der Waals surface area contributed by atoms with Crippen LogP contribution in [0.25, 0.3) is 0 Å². The van der Waals surface area contributed by atoms with Gasteiger partial charge in [0.15, 0.2) is 0 Å². The SMILES string of the molecule is Cc1cc(F)ccc1NC(=O)c1cnc(Cl)cn1. The highest BCUT2D eigenvalue weighted by atomic mass is 35.5. The Balaban J connectivity index is 2.18. The molecule has 2 aromatic rings. The van der Waals surface area contributed by atoms with Gasteiger partial charge in [0, 0.05) is 5.69 Å². The minimum Gasteiger partial charge on any atom is -0.320 e. The molecule has 0 saturated heterocycles. The molecule has 92 valence electrons. The Morgan fingerprint density at radius 1 is 1.33 bits per heavy atom. The Kier molecular flexibility index (Phi) is 3.53. The standard InChI is InChI=1S/C12H9ClFN3O/c1-7-4-8(14)2-3-9(7)17-12(18)10-5-16-11(13)6-15-10/h2-6H,1H3,(H,17,18). The van der Waals surface area contributed by atoms with Crippen molar-refractivity contribution in [1.82, 2.24) is 9.97 Å². The lowest BCUT2D eigenvalue weighted by molar-refractivity contribution is 0.102. The van der Waals surface area contributed by atoms with Crippen LogP contribution in [0.15, 0.2) is 30.6 Å². The highest BCUT2D eigenvalue weighted by Gasteiger charge is 2.09. The minimum absolute atomic E-state index is 0.142. The molecular formula is C12H9ClFN3O. The summed E-state index contributed by atoms with van der Waals surface area (Å²) in [4.78, 5) is 19.4. The monoisotopic (exact) mass is 265 g/mol. The largest absolute Gasteiger partial charge is 0.320 e. The zero-order valence-corrected chi connectivity index (χ0v) is 10.2. The summed E-state index contributed by atoms with van der Waals surface area (Å²) in [6.45, 7) is 1.70. The number of carbonyl (C=O) groups excluding carboxylic acids is 1. The molecule has 2 rings (SSSR count). The lowest BCUT2D eigenvalue weighted by Gasteiger charge is -2.07. The zero-order chi connectivity index (χ0) is 13.1. The Labute approximate surface area is 108 Å². The van der Waals surface area contributed by atoms with Crippen molar-refractivity contribution in [2.45, 2.75) is 6.92 Å². The van der Waals surface area contributed by atoms with E-state index in [-0.39, 0.29) is 16.7 Å². The summed E-state index contributed by atoms with van der Waals surface area (Å²) < 4.78 is 12.9. The first-order valence-corrected chi connectivity index (χ1v) is 5.49. The number of nitrogens with zero attached hydrogens (tertiary/aromatic N) is 2. The number of aromatic nitrogens is 2. The van der Waals surface area contributed by atoms with Gasteiger partial charge in [0.05, 0.1) is 12.4 Å². The highest BCUT2D eigenvalue weighted by Crippen LogP contribution is 2.16. The summed E-state index contributed by atoms with van der Waals surface area (Å²) in [5.74, 6) is -0.773. The van der Waals surface area contributed by atoms with Gasteiger partial charge in [-0.3, -0.25) is 4.79 Å². The second kappa shape index (κ2) is 5.10. The lowest BCUT2D eigenvalue weighted by Crippen LogP contribution is -2.14. The first kappa shape index (κ1) is 12.4. The first-order chi connectivity index (χ1) is 8.56. The predicted octanol–water partition coefficient (Wildman–Crippen LogP) is 2.83. The number of carbonyl (C=O) groups is 1. The van der Waals surface area contributed by atoms with Gasteiger partial charge >= 0.3 is 0 Å². The van der Waals surface area contributed by atoms with Crippen LogP contribution in [0.3, 0.4) is 0 Å². The van der Waals surface area contributed by atoms with Crippen LogP contribution < -0.4 is 5.32 Å². The van der Waals surface area contributed by atoms with E-state index in [1.807, 2.05) is 0 Å². The average Bonchev–Trinajstić information content (AvgIpc) is 2.33. The molecule has 0 fully saturated rings. The normalized spacial score (nSPS) is 10.2. The molecule has 1 aromatic carbocycles. The molecule has 0 atom stereocenters. The third kappa shape index (κ3) is 2.81. The van der Waals surface area contributed by atoms with Gasteiger partial charge in [-0.2, -0.15) is 0 Å². The van der Waals surface area contributed by atoms with Crippen molar-refractivity contribution in [2.75, 3.05) is 5.32 Å². The molecule has 0 aliphatic heterocycles. The van der Waals surface area contributed by atoms with Crippen LogP contribution in [0.1, 0.15) is 16.1 Å². The van der Waals surface area contributed by atoms with Crippen LogP contribution in [-0.4, -0.2) is 15.9 Å². The Morgan fingerprint density at radius 2 is 2.11 bits per heavy atom. The smallest absolute Gasteiger partial charge is 0.275 e. The van der Waals surface area contributed by atoms with E-state index in [0.717, 1.165) is 0 Å². The van der Waals surface area contributed by atoms with E-state index >= 15 is 0 Å². The fourth-order valence-corrected chi connectivity index (χ4v) is 1.48. The van der Waals surface area contributed by atoms with Crippen LogP contribution in [-0.2, 0) is 0 Å². The van der Waals surface area contributed by atoms with Crippen molar-refractivity contribution in [1.29, 1.82) is 0 Å². The molecular weight excluding hydrogens is 257 g/mol. The van der Waals surface area contributed by atoms with Crippen LogP contribution in [0.2, 0.25) is 5.15 Å². The van der Waals surface area contributed by atoms with Crippen LogP contribution in [0.5, 0.6) is 0 Å². The van der Waals surface area contributed by atoms with Crippen molar-refractivity contribution in [3.63, 3.8) is 0 Å². The number of halogens is 2. The maximum absolute atomic E-state index is 12.9. The summed E-state index contributed by atoms with van der Waals surface area (Å²) in [7, 11) is 0. The first-order valence-electron chi connectivity index (χ1n) is 5.11. The molecule has 18 heavy (non-hydrogen) atoms. The summed E-state index contributed by atoms with van der Waals surface area (Å²) in [5, 5.41) is 2.83. The van der Waals surface area contributed by atoms with E-state index in [4.69, 9.17) is 11.6 Å². The number of benzene rings is 1. The van der Waals surface area contributed by atoms with E-state index in [1.54, 1.807) is 6.92 Å². The Morgan fingerprint density at radius 3 is 2.72 bits per heavy atom. The quantitative estimate of drug-likeness (QED) is 0.908. The fourth-order valence-electron chi connectivity index (χ4n) is 1.38. The molecule has 0 unspecified atom stereocenters. The summed E-state index contributed by atoms with van der Waals surface area (Å²) in [6.07, 6.45) is 2.56. The summed E-state index contributed by atoms with van der Waals surface area (Å²) in [5.41, 5.74) is 1.30. The molecule has 0 bridgehead atoms. The number of nitrogens with one attached hydrogen (secondary N) is 1. The number of aryl methyl sites for hydroxylation is 1. The van der Waals surface area contributed by atoms with E-state index < -0.39 is 5.91 Å². The zero-order valence-electron chi connectivity index (χ0n) is 9.45. The molecule has 1 aromatic heterocycles. The molecule has 0 spiro atoms. The molecule has 0 aliphatic rings. The number of anilines is 1. The van der Waals surface area contributed by atoms with Gasteiger partial charge in [0.2, 0.25) is 0 Å². The predicted molar refractivity (Wildman–Crippen MR) is 66.1 cm³/mol. The second-order valence-electron chi connectivity index (χ2n) is 3.64. The minimum atomic E-state index is -0.422. The number of hydrogen-bond donors (Lipinski definition) is 1. The third-order valence-corrected chi connectivity index (χ3v) is 2.48. The highest BCUT2D eigenvalue weighted by molar-refractivity contribution is 6.29.